The monoisotopic (exact) mass is 163 g/mol. The third-order valence-electron chi connectivity index (χ3n) is 2.60. The minimum atomic E-state index is 0.412. The topological polar surface area (TPSA) is 19.4 Å². The number of rotatable bonds is 0. The molecule has 3 heteroatoms. The molecule has 0 amide bonds. The Morgan fingerprint density at radius 1 is 1.33 bits per heavy atom. The van der Waals surface area contributed by atoms with E-state index >= 15 is 0 Å². The van der Waals surface area contributed by atoms with Gasteiger partial charge in [0, 0.05) is 20.3 Å². The Hall–Kier alpha value is -1.25. The van der Waals surface area contributed by atoms with Gasteiger partial charge in [-0.2, -0.15) is 0 Å². The van der Waals surface area contributed by atoms with Crippen LogP contribution in [0.2, 0.25) is 0 Å². The van der Waals surface area contributed by atoms with Crippen LogP contribution in [0.3, 0.4) is 0 Å². The van der Waals surface area contributed by atoms with E-state index in [1.165, 1.54) is 5.69 Å². The lowest BCUT2D eigenvalue weighted by Crippen LogP contribution is -2.35. The van der Waals surface area contributed by atoms with E-state index in [-0.39, 0.29) is 0 Å². The van der Waals surface area contributed by atoms with Gasteiger partial charge < -0.3 is 9.80 Å². The van der Waals surface area contributed by atoms with E-state index in [9.17, 15) is 0 Å². The highest BCUT2D eigenvalue weighted by molar-refractivity contribution is 5.72. The maximum Gasteiger partial charge on any atom is 0.153 e. The van der Waals surface area contributed by atoms with Gasteiger partial charge in [-0.1, -0.05) is 0 Å². The van der Waals surface area contributed by atoms with Crippen LogP contribution in [0.5, 0.6) is 0 Å². The average molecular weight is 163 g/mol. The predicted molar refractivity (Wildman–Crippen MR) is 50.5 cm³/mol. The second kappa shape index (κ2) is 2.37. The number of hydrogen-bond acceptors (Lipinski definition) is 3. The van der Waals surface area contributed by atoms with E-state index in [0.717, 1.165) is 5.82 Å². The van der Waals surface area contributed by atoms with Crippen LogP contribution in [0.25, 0.3) is 0 Å². The Morgan fingerprint density at radius 2 is 2.08 bits per heavy atom. The first-order valence-corrected chi connectivity index (χ1v) is 4.12. The van der Waals surface area contributed by atoms with Gasteiger partial charge in [-0.05, 0) is 19.1 Å². The molecule has 0 fully saturated rings. The zero-order chi connectivity index (χ0) is 8.72. The van der Waals surface area contributed by atoms with Crippen molar-refractivity contribution in [2.45, 2.75) is 13.1 Å². The highest BCUT2D eigenvalue weighted by atomic mass is 15.4. The molecule has 0 saturated carbocycles. The van der Waals surface area contributed by atoms with Crippen molar-refractivity contribution in [2.24, 2.45) is 0 Å². The fourth-order valence-electron chi connectivity index (χ4n) is 1.57. The lowest BCUT2D eigenvalue weighted by molar-refractivity contribution is 0.706. The van der Waals surface area contributed by atoms with E-state index in [1.54, 1.807) is 0 Å². The van der Waals surface area contributed by atoms with Crippen LogP contribution >= 0.6 is 0 Å². The molecule has 0 aliphatic carbocycles. The first-order chi connectivity index (χ1) is 5.72. The van der Waals surface area contributed by atoms with E-state index in [4.69, 9.17) is 0 Å². The molecule has 0 bridgehead atoms. The fourth-order valence-corrected chi connectivity index (χ4v) is 1.57. The van der Waals surface area contributed by atoms with Crippen LogP contribution in [0.1, 0.15) is 6.92 Å². The van der Waals surface area contributed by atoms with Crippen LogP contribution in [-0.2, 0) is 0 Å². The van der Waals surface area contributed by atoms with E-state index in [1.807, 2.05) is 12.3 Å². The van der Waals surface area contributed by atoms with Crippen LogP contribution in [0, 0.1) is 0 Å². The van der Waals surface area contributed by atoms with Gasteiger partial charge in [0.2, 0.25) is 0 Å². The van der Waals surface area contributed by atoms with Crippen molar-refractivity contribution in [1.82, 2.24) is 4.98 Å². The number of aromatic nitrogens is 1. The Labute approximate surface area is 72.6 Å². The summed E-state index contributed by atoms with van der Waals surface area (Å²) >= 11 is 0. The molecule has 1 unspecified atom stereocenters. The maximum atomic E-state index is 4.33. The Balaban J connectivity index is 2.52. The molecule has 0 spiro atoms. The van der Waals surface area contributed by atoms with Crippen molar-refractivity contribution in [3.05, 3.63) is 18.3 Å². The molecule has 2 rings (SSSR count). The number of anilines is 2. The molecule has 1 aliphatic rings. The Kier molecular flexibility index (Phi) is 1.46. The summed E-state index contributed by atoms with van der Waals surface area (Å²) in [6.45, 7) is 2.17. The molecule has 0 radical (unpaired) electrons. The van der Waals surface area contributed by atoms with Crippen molar-refractivity contribution >= 4 is 11.5 Å². The lowest BCUT2D eigenvalue weighted by Gasteiger charge is -2.22. The third kappa shape index (κ3) is 0.793. The maximum absolute atomic E-state index is 4.33. The quantitative estimate of drug-likeness (QED) is 0.575. The zero-order valence-corrected chi connectivity index (χ0v) is 7.65. The normalized spacial score (nSPS) is 21.4. The second-order valence-electron chi connectivity index (χ2n) is 3.20. The molecule has 0 N–H and O–H groups in total. The Morgan fingerprint density at radius 3 is 2.75 bits per heavy atom. The van der Waals surface area contributed by atoms with Gasteiger partial charge in [0.15, 0.2) is 5.82 Å². The van der Waals surface area contributed by atoms with Gasteiger partial charge in [0.25, 0.3) is 0 Å². The number of pyridine rings is 1. The Bertz CT molecular complexity index is 269. The average Bonchev–Trinajstić information content (AvgIpc) is 2.33. The van der Waals surface area contributed by atoms with Gasteiger partial charge in [-0.25, -0.2) is 4.98 Å². The lowest BCUT2D eigenvalue weighted by atomic mass is 10.4. The van der Waals surface area contributed by atoms with E-state index < -0.39 is 0 Å². The third-order valence-corrected chi connectivity index (χ3v) is 2.60. The molecule has 3 nitrogen and oxygen atoms in total. The predicted octanol–water partition coefficient (Wildman–Crippen LogP) is 1.31. The van der Waals surface area contributed by atoms with Crippen molar-refractivity contribution in [3.8, 4) is 0 Å². The summed E-state index contributed by atoms with van der Waals surface area (Å²) in [7, 11) is 4.16. The first kappa shape index (κ1) is 7.40. The number of fused-ring (bicyclic) bond motifs is 1. The summed E-state index contributed by atoms with van der Waals surface area (Å²) in [6.07, 6.45) is 2.25. The highest BCUT2D eigenvalue weighted by Crippen LogP contribution is 2.34. The zero-order valence-electron chi connectivity index (χ0n) is 7.65. The summed E-state index contributed by atoms with van der Waals surface area (Å²) in [5.74, 6) is 1.08. The number of nitrogens with zero attached hydrogens (tertiary/aromatic N) is 3. The molecular formula is C9H13N3. The SMILES string of the molecule is CC1N(C)c2cccnc2N1C. The molecule has 1 aromatic heterocycles. The summed E-state index contributed by atoms with van der Waals surface area (Å²) in [6, 6.07) is 4.07. The van der Waals surface area contributed by atoms with Crippen molar-refractivity contribution in [2.75, 3.05) is 23.9 Å². The summed E-state index contributed by atoms with van der Waals surface area (Å²) < 4.78 is 0. The van der Waals surface area contributed by atoms with Crippen LogP contribution in [-0.4, -0.2) is 25.2 Å². The van der Waals surface area contributed by atoms with Gasteiger partial charge in [-0.15, -0.1) is 0 Å². The highest BCUT2D eigenvalue weighted by Gasteiger charge is 2.27. The fraction of sp³-hybridized carbons (Fsp3) is 0.444. The minimum Gasteiger partial charge on any atom is -0.352 e. The molecular weight excluding hydrogens is 150 g/mol. The second-order valence-corrected chi connectivity index (χ2v) is 3.20. The summed E-state index contributed by atoms with van der Waals surface area (Å²) in [5.41, 5.74) is 1.22. The van der Waals surface area contributed by atoms with Gasteiger partial charge in [-0.3, -0.25) is 0 Å². The molecule has 0 saturated heterocycles. The molecule has 64 valence electrons. The largest absolute Gasteiger partial charge is 0.352 e. The summed E-state index contributed by atoms with van der Waals surface area (Å²) in [5, 5.41) is 0. The van der Waals surface area contributed by atoms with E-state index in [2.05, 4.69) is 41.9 Å². The standard InChI is InChI=1S/C9H13N3/c1-7-11(2)8-5-4-6-10-9(8)12(7)3/h4-7H,1-3H3. The summed E-state index contributed by atoms with van der Waals surface area (Å²) in [4.78, 5) is 8.73. The van der Waals surface area contributed by atoms with Crippen molar-refractivity contribution in [1.29, 1.82) is 0 Å². The van der Waals surface area contributed by atoms with Gasteiger partial charge in [0.1, 0.15) is 0 Å². The molecule has 1 aliphatic heterocycles. The van der Waals surface area contributed by atoms with Crippen LogP contribution in [0.15, 0.2) is 18.3 Å². The molecule has 1 aromatic rings. The molecule has 2 heterocycles. The van der Waals surface area contributed by atoms with Crippen LogP contribution in [0.4, 0.5) is 11.5 Å². The molecule has 1 atom stereocenters. The smallest absolute Gasteiger partial charge is 0.153 e. The van der Waals surface area contributed by atoms with Crippen LogP contribution < -0.4 is 9.80 Å². The molecule has 0 aromatic carbocycles. The minimum absolute atomic E-state index is 0.412. The van der Waals surface area contributed by atoms with E-state index in [0.29, 0.717) is 6.17 Å². The van der Waals surface area contributed by atoms with Gasteiger partial charge >= 0.3 is 0 Å². The van der Waals surface area contributed by atoms with Crippen molar-refractivity contribution in [3.63, 3.8) is 0 Å². The van der Waals surface area contributed by atoms with Gasteiger partial charge in [0.05, 0.1) is 11.9 Å². The van der Waals surface area contributed by atoms with Crippen molar-refractivity contribution < 1.29 is 0 Å². The number of hydrogen-bond donors (Lipinski definition) is 0. The first-order valence-electron chi connectivity index (χ1n) is 4.12. The molecule has 12 heavy (non-hydrogen) atoms.